The summed E-state index contributed by atoms with van der Waals surface area (Å²) < 4.78 is 7.42. The van der Waals surface area contributed by atoms with E-state index in [4.69, 9.17) is 4.74 Å². The number of nitrogens with zero attached hydrogens (tertiary/aromatic N) is 4. The number of rotatable bonds is 5. The van der Waals surface area contributed by atoms with Crippen LogP contribution in [0.25, 0.3) is 0 Å². The van der Waals surface area contributed by atoms with Crippen LogP contribution < -0.4 is 4.90 Å². The Kier molecular flexibility index (Phi) is 4.73. The van der Waals surface area contributed by atoms with Crippen molar-refractivity contribution in [1.82, 2.24) is 14.5 Å². The molecule has 0 radical (unpaired) electrons. The second-order valence-electron chi connectivity index (χ2n) is 5.95. The van der Waals surface area contributed by atoms with Crippen LogP contribution >= 0.6 is 0 Å². The molecule has 0 aliphatic carbocycles. The van der Waals surface area contributed by atoms with Crippen LogP contribution in [0.5, 0.6) is 0 Å². The molecule has 0 N–H and O–H groups in total. The third-order valence-corrected chi connectivity index (χ3v) is 4.30. The van der Waals surface area contributed by atoms with E-state index in [0.29, 0.717) is 5.92 Å². The number of methoxy groups -OCH3 is 1. The van der Waals surface area contributed by atoms with E-state index in [9.17, 15) is 0 Å². The molecule has 22 heavy (non-hydrogen) atoms. The number of pyridine rings is 1. The molecule has 0 unspecified atom stereocenters. The summed E-state index contributed by atoms with van der Waals surface area (Å²) in [5.41, 5.74) is 1.26. The molecule has 2 aromatic heterocycles. The third-order valence-electron chi connectivity index (χ3n) is 4.30. The molecule has 5 nitrogen and oxygen atoms in total. The number of imidazole rings is 1. The van der Waals surface area contributed by atoms with Gasteiger partial charge in [-0.05, 0) is 37.5 Å². The number of aryl methyl sites for hydroxylation is 1. The van der Waals surface area contributed by atoms with Gasteiger partial charge >= 0.3 is 0 Å². The van der Waals surface area contributed by atoms with Gasteiger partial charge in [0.15, 0.2) is 0 Å². The topological polar surface area (TPSA) is 43.2 Å². The normalized spacial score (nSPS) is 18.6. The molecule has 0 amide bonds. The number of ether oxygens (including phenoxy) is 1. The van der Waals surface area contributed by atoms with E-state index < -0.39 is 0 Å². The number of piperidine rings is 1. The molecule has 1 aliphatic heterocycles. The highest BCUT2D eigenvalue weighted by Gasteiger charge is 2.25. The standard InChI is InChI=1S/C17H24N4O/c1-14-5-6-18-16(12-14)21-8-3-4-15(13-21)17-19-7-9-20(17)10-11-22-2/h5-7,9,12,15H,3-4,8,10-11,13H2,1-2H3/t15-/m1/s1. The van der Waals surface area contributed by atoms with Crippen molar-refractivity contribution in [1.29, 1.82) is 0 Å². The Labute approximate surface area is 131 Å². The first-order valence-corrected chi connectivity index (χ1v) is 7.95. The average molecular weight is 300 g/mol. The lowest BCUT2D eigenvalue weighted by Gasteiger charge is -2.33. The highest BCUT2D eigenvalue weighted by Crippen LogP contribution is 2.28. The molecule has 1 atom stereocenters. The van der Waals surface area contributed by atoms with Crippen molar-refractivity contribution in [2.24, 2.45) is 0 Å². The van der Waals surface area contributed by atoms with Crippen molar-refractivity contribution < 1.29 is 4.74 Å². The van der Waals surface area contributed by atoms with Crippen molar-refractivity contribution in [3.05, 3.63) is 42.1 Å². The number of aromatic nitrogens is 3. The predicted molar refractivity (Wildman–Crippen MR) is 87.3 cm³/mol. The average Bonchev–Trinajstić information content (AvgIpc) is 3.01. The number of hydrogen-bond donors (Lipinski definition) is 0. The van der Waals surface area contributed by atoms with Gasteiger partial charge in [0.25, 0.3) is 0 Å². The summed E-state index contributed by atoms with van der Waals surface area (Å²) in [7, 11) is 1.74. The molecule has 118 valence electrons. The van der Waals surface area contributed by atoms with Gasteiger partial charge in [-0.15, -0.1) is 0 Å². The van der Waals surface area contributed by atoms with Gasteiger partial charge in [-0.25, -0.2) is 9.97 Å². The van der Waals surface area contributed by atoms with Crippen molar-refractivity contribution in [3.63, 3.8) is 0 Å². The molecule has 5 heteroatoms. The van der Waals surface area contributed by atoms with Gasteiger partial charge in [-0.1, -0.05) is 0 Å². The van der Waals surface area contributed by atoms with Crippen molar-refractivity contribution >= 4 is 5.82 Å². The molecule has 0 bridgehead atoms. The molecule has 2 aromatic rings. The fraction of sp³-hybridized carbons (Fsp3) is 0.529. The molecule has 0 spiro atoms. The van der Waals surface area contributed by atoms with Gasteiger partial charge < -0.3 is 14.2 Å². The Morgan fingerprint density at radius 1 is 1.32 bits per heavy atom. The van der Waals surface area contributed by atoms with E-state index in [0.717, 1.165) is 32.1 Å². The zero-order valence-electron chi connectivity index (χ0n) is 13.4. The summed E-state index contributed by atoms with van der Waals surface area (Å²) in [6.07, 6.45) is 8.21. The van der Waals surface area contributed by atoms with Crippen LogP contribution in [0.1, 0.15) is 30.1 Å². The van der Waals surface area contributed by atoms with E-state index in [1.165, 1.54) is 24.2 Å². The first-order valence-electron chi connectivity index (χ1n) is 7.95. The van der Waals surface area contributed by atoms with Gasteiger partial charge in [0.05, 0.1) is 6.61 Å². The smallest absolute Gasteiger partial charge is 0.128 e. The second-order valence-corrected chi connectivity index (χ2v) is 5.95. The second kappa shape index (κ2) is 6.92. The summed E-state index contributed by atoms with van der Waals surface area (Å²) in [4.78, 5) is 11.5. The number of anilines is 1. The molecule has 1 saturated heterocycles. The van der Waals surface area contributed by atoms with Crippen LogP contribution in [0, 0.1) is 6.92 Å². The van der Waals surface area contributed by atoms with Gasteiger partial charge in [0, 0.05) is 51.3 Å². The highest BCUT2D eigenvalue weighted by molar-refractivity contribution is 5.41. The molecule has 0 aromatic carbocycles. The maximum absolute atomic E-state index is 5.19. The van der Waals surface area contributed by atoms with Crippen LogP contribution in [-0.4, -0.2) is 41.3 Å². The minimum absolute atomic E-state index is 0.461. The summed E-state index contributed by atoms with van der Waals surface area (Å²) in [6.45, 7) is 5.76. The van der Waals surface area contributed by atoms with Crippen molar-refractivity contribution in [2.45, 2.75) is 32.2 Å². The van der Waals surface area contributed by atoms with E-state index in [1.54, 1.807) is 7.11 Å². The molecule has 1 fully saturated rings. The van der Waals surface area contributed by atoms with Crippen molar-refractivity contribution in [2.75, 3.05) is 31.7 Å². The van der Waals surface area contributed by atoms with Crippen LogP contribution in [-0.2, 0) is 11.3 Å². The minimum Gasteiger partial charge on any atom is -0.383 e. The largest absolute Gasteiger partial charge is 0.383 e. The maximum atomic E-state index is 5.19. The van der Waals surface area contributed by atoms with Crippen molar-refractivity contribution in [3.8, 4) is 0 Å². The Balaban J connectivity index is 1.74. The van der Waals surface area contributed by atoms with Crippen LogP contribution in [0.3, 0.4) is 0 Å². The monoisotopic (exact) mass is 300 g/mol. The molecule has 1 aliphatic rings. The predicted octanol–water partition coefficient (Wildman–Crippen LogP) is 2.62. The fourth-order valence-electron chi connectivity index (χ4n) is 3.15. The van der Waals surface area contributed by atoms with E-state index >= 15 is 0 Å². The molecule has 3 heterocycles. The highest BCUT2D eigenvalue weighted by atomic mass is 16.5. The molecule has 0 saturated carbocycles. The van der Waals surface area contributed by atoms with Crippen LogP contribution in [0.2, 0.25) is 0 Å². The van der Waals surface area contributed by atoms with Crippen LogP contribution in [0.15, 0.2) is 30.7 Å². The zero-order chi connectivity index (χ0) is 15.4. The lowest BCUT2D eigenvalue weighted by atomic mass is 9.97. The van der Waals surface area contributed by atoms with Gasteiger partial charge in [0.2, 0.25) is 0 Å². The first kappa shape index (κ1) is 15.0. The molecular weight excluding hydrogens is 276 g/mol. The van der Waals surface area contributed by atoms with E-state index in [-0.39, 0.29) is 0 Å². The zero-order valence-corrected chi connectivity index (χ0v) is 13.4. The summed E-state index contributed by atoms with van der Waals surface area (Å²) >= 11 is 0. The molecular formula is C17H24N4O. The van der Waals surface area contributed by atoms with E-state index in [2.05, 4.69) is 38.6 Å². The number of hydrogen-bond acceptors (Lipinski definition) is 4. The van der Waals surface area contributed by atoms with Crippen LogP contribution in [0.4, 0.5) is 5.82 Å². The SMILES string of the molecule is COCCn1ccnc1[C@@H]1CCCN(c2cc(C)ccn2)C1. The summed E-state index contributed by atoms with van der Waals surface area (Å²) in [5, 5.41) is 0. The summed E-state index contributed by atoms with van der Waals surface area (Å²) in [5.74, 6) is 2.72. The Hall–Kier alpha value is -1.88. The third kappa shape index (κ3) is 3.30. The fourth-order valence-corrected chi connectivity index (χ4v) is 3.15. The minimum atomic E-state index is 0.461. The van der Waals surface area contributed by atoms with Gasteiger partial charge in [-0.3, -0.25) is 0 Å². The van der Waals surface area contributed by atoms with Gasteiger partial charge in [0.1, 0.15) is 11.6 Å². The Morgan fingerprint density at radius 2 is 2.23 bits per heavy atom. The summed E-state index contributed by atoms with van der Waals surface area (Å²) in [6, 6.07) is 4.21. The maximum Gasteiger partial charge on any atom is 0.128 e. The lowest BCUT2D eigenvalue weighted by molar-refractivity contribution is 0.185. The quantitative estimate of drug-likeness (QED) is 0.851. The first-order chi connectivity index (χ1) is 10.8. The Morgan fingerprint density at radius 3 is 3.05 bits per heavy atom. The lowest BCUT2D eigenvalue weighted by Crippen LogP contribution is -2.36. The van der Waals surface area contributed by atoms with Gasteiger partial charge in [-0.2, -0.15) is 0 Å². The van der Waals surface area contributed by atoms with E-state index in [1.807, 2.05) is 18.5 Å². The molecule has 3 rings (SSSR count). The Bertz CT molecular complexity index is 610.